The second kappa shape index (κ2) is 9.34. The summed E-state index contributed by atoms with van der Waals surface area (Å²) in [7, 11) is 0. The van der Waals surface area contributed by atoms with Gasteiger partial charge in [0.1, 0.15) is 0 Å². The van der Waals surface area contributed by atoms with Gasteiger partial charge in [-0.3, -0.25) is 4.79 Å². The van der Waals surface area contributed by atoms with Gasteiger partial charge in [-0.2, -0.15) is 13.2 Å². The number of halogens is 3. The Bertz CT molecular complexity index is 1320. The first kappa shape index (κ1) is 23.6. The number of carbonyl (C=O) groups is 2. The molecule has 0 aliphatic rings. The number of thiophene rings is 1. The van der Waals surface area contributed by atoms with Crippen LogP contribution >= 0.6 is 11.3 Å². The molecule has 0 aliphatic heterocycles. The van der Waals surface area contributed by atoms with E-state index in [1.807, 2.05) is 23.8 Å². The second-order valence-corrected chi connectivity index (χ2v) is 8.77. The SMILES string of the molecule is CCC(NC(=O)c1csc2ccn(Cc3ccc(C(F)(F)F)cc3)c12)c1ccc(C(=O)O)cc1. The van der Waals surface area contributed by atoms with Crippen LogP contribution < -0.4 is 5.32 Å². The smallest absolute Gasteiger partial charge is 0.416 e. The number of carboxylic acids is 1. The van der Waals surface area contributed by atoms with E-state index in [0.29, 0.717) is 24.1 Å². The van der Waals surface area contributed by atoms with Crippen LogP contribution in [0.25, 0.3) is 10.2 Å². The number of rotatable bonds is 7. The molecule has 0 aliphatic carbocycles. The molecule has 0 spiro atoms. The van der Waals surface area contributed by atoms with Crippen LogP contribution in [0, 0.1) is 0 Å². The lowest BCUT2D eigenvalue weighted by Crippen LogP contribution is -2.28. The van der Waals surface area contributed by atoms with Crippen molar-refractivity contribution in [3.63, 3.8) is 0 Å². The molecule has 5 nitrogen and oxygen atoms in total. The zero-order valence-corrected chi connectivity index (χ0v) is 18.9. The summed E-state index contributed by atoms with van der Waals surface area (Å²) < 4.78 is 41.3. The number of hydrogen-bond donors (Lipinski definition) is 2. The Morgan fingerprint density at radius 3 is 2.32 bits per heavy atom. The van der Waals surface area contributed by atoms with Crippen LogP contribution in [0.1, 0.15) is 56.8 Å². The lowest BCUT2D eigenvalue weighted by Gasteiger charge is -2.18. The number of carboxylic acid groups (broad SMARTS) is 1. The van der Waals surface area contributed by atoms with E-state index in [0.717, 1.165) is 27.9 Å². The Kier molecular flexibility index (Phi) is 6.47. The van der Waals surface area contributed by atoms with Crippen LogP contribution in [0.2, 0.25) is 0 Å². The quantitative estimate of drug-likeness (QED) is 0.320. The predicted octanol–water partition coefficient (Wildman–Crippen LogP) is 6.35. The molecule has 0 fully saturated rings. The first-order chi connectivity index (χ1) is 16.2. The average Bonchev–Trinajstić information content (AvgIpc) is 3.40. The molecule has 0 saturated heterocycles. The number of carbonyl (C=O) groups excluding carboxylic acids is 1. The fourth-order valence-corrected chi connectivity index (χ4v) is 4.76. The van der Waals surface area contributed by atoms with Crippen molar-refractivity contribution in [2.24, 2.45) is 0 Å². The molecule has 2 aromatic carbocycles. The molecule has 4 aromatic rings. The number of nitrogens with one attached hydrogen (secondary N) is 1. The van der Waals surface area contributed by atoms with Gasteiger partial charge < -0.3 is 15.0 Å². The van der Waals surface area contributed by atoms with Gasteiger partial charge in [-0.1, -0.05) is 31.2 Å². The Morgan fingerprint density at radius 2 is 1.74 bits per heavy atom. The molecule has 0 radical (unpaired) electrons. The van der Waals surface area contributed by atoms with Crippen molar-refractivity contribution >= 4 is 33.4 Å². The van der Waals surface area contributed by atoms with Crippen molar-refractivity contribution in [1.82, 2.24) is 9.88 Å². The Balaban J connectivity index is 1.55. The summed E-state index contributed by atoms with van der Waals surface area (Å²) in [6.07, 6.45) is -1.96. The lowest BCUT2D eigenvalue weighted by atomic mass is 10.0. The number of alkyl halides is 3. The molecule has 1 atom stereocenters. The summed E-state index contributed by atoms with van der Waals surface area (Å²) in [6, 6.07) is 12.9. The van der Waals surface area contributed by atoms with Gasteiger partial charge in [0.15, 0.2) is 0 Å². The van der Waals surface area contributed by atoms with E-state index in [2.05, 4.69) is 5.32 Å². The molecule has 176 valence electrons. The molecule has 9 heteroatoms. The minimum absolute atomic E-state index is 0.172. The minimum Gasteiger partial charge on any atom is -0.478 e. The van der Waals surface area contributed by atoms with Crippen LogP contribution in [0.15, 0.2) is 66.2 Å². The van der Waals surface area contributed by atoms with E-state index >= 15 is 0 Å². The molecular weight excluding hydrogens is 465 g/mol. The van der Waals surface area contributed by atoms with Gasteiger partial charge in [-0.15, -0.1) is 11.3 Å². The van der Waals surface area contributed by atoms with Crippen LogP contribution in [-0.4, -0.2) is 21.6 Å². The van der Waals surface area contributed by atoms with Crippen LogP contribution in [0.4, 0.5) is 13.2 Å². The van der Waals surface area contributed by atoms with Gasteiger partial charge in [0, 0.05) is 18.1 Å². The zero-order valence-electron chi connectivity index (χ0n) is 18.1. The molecule has 1 amide bonds. The van der Waals surface area contributed by atoms with Crippen molar-refractivity contribution < 1.29 is 27.9 Å². The maximum atomic E-state index is 13.2. The normalized spacial score (nSPS) is 12.6. The number of fused-ring (bicyclic) bond motifs is 1. The van der Waals surface area contributed by atoms with Crippen LogP contribution in [-0.2, 0) is 12.7 Å². The van der Waals surface area contributed by atoms with Gasteiger partial charge in [-0.25, -0.2) is 4.79 Å². The summed E-state index contributed by atoms with van der Waals surface area (Å²) in [6.45, 7) is 2.25. The molecule has 1 unspecified atom stereocenters. The van der Waals surface area contributed by atoms with Crippen LogP contribution in [0.5, 0.6) is 0 Å². The van der Waals surface area contributed by atoms with E-state index in [1.165, 1.54) is 35.6 Å². The first-order valence-electron chi connectivity index (χ1n) is 10.5. The highest BCUT2D eigenvalue weighted by Gasteiger charge is 2.30. The zero-order chi connectivity index (χ0) is 24.5. The summed E-state index contributed by atoms with van der Waals surface area (Å²) in [5, 5.41) is 13.9. The lowest BCUT2D eigenvalue weighted by molar-refractivity contribution is -0.137. The summed E-state index contributed by atoms with van der Waals surface area (Å²) in [5.41, 5.74) is 2.16. The largest absolute Gasteiger partial charge is 0.478 e. The Hall–Kier alpha value is -3.59. The maximum Gasteiger partial charge on any atom is 0.416 e. The number of hydrogen-bond acceptors (Lipinski definition) is 3. The predicted molar refractivity (Wildman–Crippen MR) is 124 cm³/mol. The summed E-state index contributed by atoms with van der Waals surface area (Å²) >= 11 is 1.42. The highest BCUT2D eigenvalue weighted by Crippen LogP contribution is 2.31. The topological polar surface area (TPSA) is 71.3 Å². The fourth-order valence-electron chi connectivity index (χ4n) is 3.82. The van der Waals surface area contributed by atoms with E-state index in [-0.39, 0.29) is 17.5 Å². The second-order valence-electron chi connectivity index (χ2n) is 7.86. The van der Waals surface area contributed by atoms with Gasteiger partial charge >= 0.3 is 12.1 Å². The van der Waals surface area contributed by atoms with Gasteiger partial charge in [0.05, 0.1) is 32.9 Å². The first-order valence-corrected chi connectivity index (χ1v) is 11.4. The fraction of sp³-hybridized carbons (Fsp3) is 0.200. The highest BCUT2D eigenvalue weighted by molar-refractivity contribution is 7.17. The number of amides is 1. The van der Waals surface area contributed by atoms with Crippen molar-refractivity contribution in [2.75, 3.05) is 0 Å². The third-order valence-corrected chi connectivity index (χ3v) is 6.57. The average molecular weight is 487 g/mol. The van der Waals surface area contributed by atoms with Gasteiger partial charge in [0.2, 0.25) is 0 Å². The Morgan fingerprint density at radius 1 is 1.06 bits per heavy atom. The number of aromatic nitrogens is 1. The summed E-state index contributed by atoms with van der Waals surface area (Å²) in [5.74, 6) is -1.29. The number of benzene rings is 2. The third-order valence-electron chi connectivity index (χ3n) is 5.64. The monoisotopic (exact) mass is 486 g/mol. The van der Waals surface area contributed by atoms with Crippen molar-refractivity contribution in [2.45, 2.75) is 32.1 Å². The van der Waals surface area contributed by atoms with E-state index in [4.69, 9.17) is 5.11 Å². The molecule has 4 rings (SSSR count). The number of aromatic carboxylic acids is 1. The third kappa shape index (κ3) is 4.84. The van der Waals surface area contributed by atoms with Crippen molar-refractivity contribution in [1.29, 1.82) is 0 Å². The standard InChI is InChI=1S/C25H21F3N2O3S/c1-2-20(16-5-7-17(8-6-16)24(32)33)29-23(31)19-14-34-21-11-12-30(22(19)21)13-15-3-9-18(10-4-15)25(26,27)28/h3-12,14,20H,2,13H2,1H3,(H,29,31)(H,32,33). The van der Waals surface area contributed by atoms with Crippen molar-refractivity contribution in [3.8, 4) is 0 Å². The maximum absolute atomic E-state index is 13.2. The van der Waals surface area contributed by atoms with Crippen molar-refractivity contribution in [3.05, 3.63) is 94.0 Å². The molecule has 2 heterocycles. The summed E-state index contributed by atoms with van der Waals surface area (Å²) in [4.78, 5) is 24.2. The van der Waals surface area contributed by atoms with Crippen LogP contribution in [0.3, 0.4) is 0 Å². The molecule has 2 N–H and O–H groups in total. The molecule has 0 saturated carbocycles. The van der Waals surface area contributed by atoms with E-state index < -0.39 is 17.7 Å². The van der Waals surface area contributed by atoms with E-state index in [1.54, 1.807) is 17.5 Å². The molecular formula is C25H21F3N2O3S. The highest BCUT2D eigenvalue weighted by atomic mass is 32.1. The van der Waals surface area contributed by atoms with Gasteiger partial charge in [0.25, 0.3) is 5.91 Å². The molecule has 2 aromatic heterocycles. The molecule has 34 heavy (non-hydrogen) atoms. The van der Waals surface area contributed by atoms with E-state index in [9.17, 15) is 22.8 Å². The molecule has 0 bridgehead atoms. The van der Waals surface area contributed by atoms with Gasteiger partial charge in [-0.05, 0) is 47.9 Å². The number of nitrogens with zero attached hydrogens (tertiary/aromatic N) is 1. The minimum atomic E-state index is -4.39. The Labute approximate surface area is 197 Å².